The molecule has 0 aromatic heterocycles. The summed E-state index contributed by atoms with van der Waals surface area (Å²) in [4.78, 5) is 39.5. The number of likely N-dealkylation sites (tertiary alicyclic amines) is 1. The van der Waals surface area contributed by atoms with E-state index in [0.29, 0.717) is 17.9 Å². The largest absolute Gasteiger partial charge is 0.422 e. The maximum absolute atomic E-state index is 12.9. The molecule has 7 heteroatoms. The molecule has 146 valence electrons. The predicted octanol–water partition coefficient (Wildman–Crippen LogP) is 2.61. The molecule has 1 aromatic carbocycles. The van der Waals surface area contributed by atoms with E-state index in [9.17, 15) is 14.4 Å². The minimum absolute atomic E-state index is 0.140. The number of Topliss-reactive ketones (excluding diaryl/α,β-unsaturated/α-hetero) is 1. The van der Waals surface area contributed by atoms with E-state index in [1.807, 2.05) is 31.3 Å². The number of hydrogen-bond donors (Lipinski definition) is 0. The number of likely N-dealkylation sites (N-methyl/N-ethyl adjacent to an activating group) is 1. The van der Waals surface area contributed by atoms with Crippen LogP contribution >= 0.6 is 11.6 Å². The Balaban J connectivity index is 1.69. The van der Waals surface area contributed by atoms with E-state index in [1.54, 1.807) is 0 Å². The van der Waals surface area contributed by atoms with E-state index >= 15 is 0 Å². The van der Waals surface area contributed by atoms with Crippen LogP contribution in [0, 0.1) is 11.8 Å². The molecule has 0 radical (unpaired) electrons. The number of ether oxygens (including phenoxy) is 2. The molecule has 2 unspecified atom stereocenters. The fourth-order valence-electron chi connectivity index (χ4n) is 3.75. The van der Waals surface area contributed by atoms with E-state index in [1.165, 1.54) is 13.8 Å². The van der Waals surface area contributed by atoms with Crippen LogP contribution in [0.2, 0.25) is 5.02 Å². The summed E-state index contributed by atoms with van der Waals surface area (Å²) >= 11 is 5.94. The number of piperidine rings is 1. The Hall–Kier alpha value is -1.92. The van der Waals surface area contributed by atoms with Gasteiger partial charge >= 0.3 is 11.9 Å². The number of nitrogens with zero attached hydrogens (tertiary/aromatic N) is 1. The molecule has 27 heavy (non-hydrogen) atoms. The van der Waals surface area contributed by atoms with Gasteiger partial charge in [-0.1, -0.05) is 23.7 Å². The molecule has 2 aliphatic heterocycles. The Morgan fingerprint density at radius 1 is 1.19 bits per heavy atom. The first-order chi connectivity index (χ1) is 12.7. The van der Waals surface area contributed by atoms with Gasteiger partial charge in [0.1, 0.15) is 0 Å². The highest BCUT2D eigenvalue weighted by Crippen LogP contribution is 2.31. The van der Waals surface area contributed by atoms with Gasteiger partial charge < -0.3 is 14.4 Å². The van der Waals surface area contributed by atoms with Gasteiger partial charge in [-0.2, -0.15) is 0 Å². The van der Waals surface area contributed by atoms with Gasteiger partial charge in [-0.05, 0) is 50.6 Å². The highest BCUT2D eigenvalue weighted by atomic mass is 35.5. The standard InChI is InChI=1S/C20H24ClNO5/c1-20(2)26-18(24)16(19(25)27-20)17(23)13-8-9-22(3)15(11-13)10-12-4-6-14(21)7-5-12/h4-7,13,15-16H,8-11H2,1-3H3. The van der Waals surface area contributed by atoms with Crippen LogP contribution < -0.4 is 0 Å². The second-order valence-corrected chi connectivity index (χ2v) is 8.20. The molecule has 1 aromatic rings. The molecule has 3 rings (SSSR count). The Labute approximate surface area is 163 Å². The number of hydrogen-bond acceptors (Lipinski definition) is 6. The predicted molar refractivity (Wildman–Crippen MR) is 99.1 cm³/mol. The van der Waals surface area contributed by atoms with E-state index < -0.39 is 29.4 Å². The summed E-state index contributed by atoms with van der Waals surface area (Å²) in [7, 11) is 2.02. The first kappa shape index (κ1) is 19.8. The van der Waals surface area contributed by atoms with Crippen LogP contribution in [0.4, 0.5) is 0 Å². The van der Waals surface area contributed by atoms with Crippen molar-refractivity contribution in [3.8, 4) is 0 Å². The van der Waals surface area contributed by atoms with Gasteiger partial charge in [0.2, 0.25) is 5.92 Å². The third-order valence-electron chi connectivity index (χ3n) is 5.25. The normalized spacial score (nSPS) is 26.4. The van der Waals surface area contributed by atoms with Crippen LogP contribution in [0.15, 0.2) is 24.3 Å². The molecule has 0 amide bonds. The highest BCUT2D eigenvalue weighted by Gasteiger charge is 2.49. The Morgan fingerprint density at radius 3 is 2.37 bits per heavy atom. The number of esters is 2. The molecule has 2 atom stereocenters. The average molecular weight is 394 g/mol. The first-order valence-corrected chi connectivity index (χ1v) is 9.48. The zero-order valence-electron chi connectivity index (χ0n) is 15.7. The number of halogens is 1. The van der Waals surface area contributed by atoms with Crippen molar-refractivity contribution in [2.24, 2.45) is 11.8 Å². The molecule has 0 spiro atoms. The molecule has 0 bridgehead atoms. The number of carbonyl (C=O) groups excluding carboxylic acids is 3. The minimum Gasteiger partial charge on any atom is -0.422 e. The molecule has 2 aliphatic rings. The van der Waals surface area contributed by atoms with Gasteiger partial charge in [-0.3, -0.25) is 14.4 Å². The number of cyclic esters (lactones) is 2. The van der Waals surface area contributed by atoms with Gasteiger partial charge in [-0.25, -0.2) is 0 Å². The zero-order chi connectivity index (χ0) is 19.8. The molecule has 6 nitrogen and oxygen atoms in total. The molecule has 0 aliphatic carbocycles. The van der Waals surface area contributed by atoms with Crippen molar-refractivity contribution in [1.82, 2.24) is 4.90 Å². The lowest BCUT2D eigenvalue weighted by Gasteiger charge is -2.38. The molecule has 0 N–H and O–H groups in total. The Morgan fingerprint density at radius 2 is 1.78 bits per heavy atom. The van der Waals surface area contributed by atoms with Crippen molar-refractivity contribution >= 4 is 29.3 Å². The fourth-order valence-corrected chi connectivity index (χ4v) is 3.87. The Kier molecular flexibility index (Phi) is 5.58. The van der Waals surface area contributed by atoms with E-state index in [-0.39, 0.29) is 12.0 Å². The van der Waals surface area contributed by atoms with Crippen LogP contribution in [0.25, 0.3) is 0 Å². The van der Waals surface area contributed by atoms with Crippen molar-refractivity contribution in [2.45, 2.75) is 44.9 Å². The smallest absolute Gasteiger partial charge is 0.331 e. The quantitative estimate of drug-likeness (QED) is 0.578. The third-order valence-corrected chi connectivity index (χ3v) is 5.50. The molecular formula is C20H24ClNO5. The summed E-state index contributed by atoms with van der Waals surface area (Å²) in [5, 5.41) is 0.682. The molecule has 2 saturated heterocycles. The second-order valence-electron chi connectivity index (χ2n) is 7.76. The van der Waals surface area contributed by atoms with Crippen molar-refractivity contribution in [3.05, 3.63) is 34.9 Å². The maximum atomic E-state index is 12.9. The van der Waals surface area contributed by atoms with E-state index in [0.717, 1.165) is 18.5 Å². The van der Waals surface area contributed by atoms with E-state index in [4.69, 9.17) is 21.1 Å². The monoisotopic (exact) mass is 393 g/mol. The topological polar surface area (TPSA) is 72.9 Å². The summed E-state index contributed by atoms with van der Waals surface area (Å²) in [5.41, 5.74) is 1.13. The van der Waals surface area contributed by atoms with Crippen molar-refractivity contribution < 1.29 is 23.9 Å². The third kappa shape index (κ3) is 4.50. The van der Waals surface area contributed by atoms with Crippen LogP contribution in [0.3, 0.4) is 0 Å². The zero-order valence-corrected chi connectivity index (χ0v) is 16.5. The molecule has 2 fully saturated rings. The summed E-state index contributed by atoms with van der Waals surface area (Å²) in [6.45, 7) is 3.67. The van der Waals surface area contributed by atoms with Gasteiger partial charge in [0, 0.05) is 30.8 Å². The summed E-state index contributed by atoms with van der Waals surface area (Å²) in [6, 6.07) is 7.77. The van der Waals surface area contributed by atoms with Crippen LogP contribution in [-0.4, -0.2) is 48.0 Å². The molecular weight excluding hydrogens is 370 g/mol. The number of carbonyl (C=O) groups is 3. The van der Waals surface area contributed by atoms with Gasteiger partial charge in [-0.15, -0.1) is 0 Å². The number of rotatable bonds is 4. The lowest BCUT2D eigenvalue weighted by molar-refractivity contribution is -0.238. The van der Waals surface area contributed by atoms with Gasteiger partial charge in [0.25, 0.3) is 5.79 Å². The lowest BCUT2D eigenvalue weighted by Crippen LogP contribution is -2.52. The Bertz CT molecular complexity index is 725. The van der Waals surface area contributed by atoms with E-state index in [2.05, 4.69) is 4.90 Å². The van der Waals surface area contributed by atoms with Crippen LogP contribution in [0.1, 0.15) is 32.3 Å². The van der Waals surface area contributed by atoms with Gasteiger partial charge in [0.15, 0.2) is 5.78 Å². The van der Waals surface area contributed by atoms with Crippen molar-refractivity contribution in [1.29, 1.82) is 0 Å². The maximum Gasteiger partial charge on any atom is 0.331 e. The van der Waals surface area contributed by atoms with Crippen molar-refractivity contribution in [3.63, 3.8) is 0 Å². The summed E-state index contributed by atoms with van der Waals surface area (Å²) < 4.78 is 10.2. The average Bonchev–Trinajstić information content (AvgIpc) is 2.57. The molecule has 2 heterocycles. The second kappa shape index (κ2) is 7.60. The van der Waals surface area contributed by atoms with Crippen molar-refractivity contribution in [2.75, 3.05) is 13.6 Å². The number of benzene rings is 1. The summed E-state index contributed by atoms with van der Waals surface area (Å²) in [6.07, 6.45) is 1.95. The van der Waals surface area contributed by atoms with Gasteiger partial charge in [0.05, 0.1) is 0 Å². The first-order valence-electron chi connectivity index (χ1n) is 9.10. The minimum atomic E-state index is -1.47. The summed E-state index contributed by atoms with van der Waals surface area (Å²) in [5.74, 6) is -5.18. The fraction of sp³-hybridized carbons (Fsp3) is 0.550. The van der Waals surface area contributed by atoms with Crippen LogP contribution in [-0.2, 0) is 30.3 Å². The number of ketones is 1. The van der Waals surface area contributed by atoms with Crippen LogP contribution in [0.5, 0.6) is 0 Å². The highest BCUT2D eigenvalue weighted by molar-refractivity contribution is 6.30. The SMILES string of the molecule is CN1CCC(C(=O)C2C(=O)OC(C)(C)OC2=O)CC1Cc1ccc(Cl)cc1. The molecule has 0 saturated carbocycles. The lowest BCUT2D eigenvalue weighted by atomic mass is 9.81.